The van der Waals surface area contributed by atoms with Crippen molar-refractivity contribution in [2.24, 2.45) is 0 Å². The first kappa shape index (κ1) is 11.3. The molecule has 2 N–H and O–H groups in total. The van der Waals surface area contributed by atoms with E-state index in [0.29, 0.717) is 11.7 Å². The van der Waals surface area contributed by atoms with Crippen LogP contribution in [-0.4, -0.2) is 20.3 Å². The molecular weight excluding hydrogens is 226 g/mol. The van der Waals surface area contributed by atoms with Crippen molar-refractivity contribution in [1.82, 2.24) is 15.2 Å². The van der Waals surface area contributed by atoms with Crippen LogP contribution >= 0.6 is 0 Å². The molecule has 1 aromatic carbocycles. The number of hydrogen-bond acceptors (Lipinski definition) is 3. The molecule has 1 heterocycles. The van der Waals surface area contributed by atoms with E-state index in [1.54, 1.807) is 18.2 Å². The predicted molar refractivity (Wildman–Crippen MR) is 69.3 cm³/mol. The van der Waals surface area contributed by atoms with Crippen LogP contribution in [0.5, 0.6) is 5.75 Å². The molecule has 1 saturated carbocycles. The third-order valence-electron chi connectivity index (χ3n) is 3.60. The number of rotatable bonds is 2. The van der Waals surface area contributed by atoms with Crippen molar-refractivity contribution < 1.29 is 5.11 Å². The van der Waals surface area contributed by atoms with Gasteiger partial charge in [-0.1, -0.05) is 31.4 Å². The highest BCUT2D eigenvalue weighted by Gasteiger charge is 2.19. The van der Waals surface area contributed by atoms with E-state index in [9.17, 15) is 5.11 Å². The second kappa shape index (κ2) is 4.80. The summed E-state index contributed by atoms with van der Waals surface area (Å²) in [4.78, 5) is 4.57. The Labute approximate surface area is 106 Å². The molecule has 0 unspecified atom stereocenters. The lowest BCUT2D eigenvalue weighted by Gasteiger charge is -2.18. The van der Waals surface area contributed by atoms with Gasteiger partial charge in [0.15, 0.2) is 5.82 Å². The molecule has 1 aliphatic carbocycles. The zero-order chi connectivity index (χ0) is 12.4. The Morgan fingerprint density at radius 2 is 2.00 bits per heavy atom. The third kappa shape index (κ3) is 2.23. The van der Waals surface area contributed by atoms with E-state index < -0.39 is 0 Å². The average molecular weight is 243 g/mol. The highest BCUT2D eigenvalue weighted by molar-refractivity contribution is 5.56. The second-order valence-electron chi connectivity index (χ2n) is 4.93. The number of aromatic hydroxyl groups is 1. The summed E-state index contributed by atoms with van der Waals surface area (Å²) in [6.45, 7) is 0. The summed E-state index contributed by atoms with van der Waals surface area (Å²) >= 11 is 0. The normalized spacial score (nSPS) is 16.9. The van der Waals surface area contributed by atoms with Crippen LogP contribution in [0.3, 0.4) is 0 Å². The second-order valence-corrected chi connectivity index (χ2v) is 4.93. The van der Waals surface area contributed by atoms with Crippen LogP contribution in [0.1, 0.15) is 43.8 Å². The summed E-state index contributed by atoms with van der Waals surface area (Å²) in [5.41, 5.74) is 0.855. The van der Waals surface area contributed by atoms with Gasteiger partial charge in [0.1, 0.15) is 11.6 Å². The SMILES string of the molecule is Oc1cccc(-c2n[nH]c(C3CCCCC3)n2)c1. The van der Waals surface area contributed by atoms with Gasteiger partial charge in [-0.2, -0.15) is 5.10 Å². The highest BCUT2D eigenvalue weighted by atomic mass is 16.3. The van der Waals surface area contributed by atoms with E-state index >= 15 is 0 Å². The number of benzene rings is 1. The topological polar surface area (TPSA) is 61.8 Å². The summed E-state index contributed by atoms with van der Waals surface area (Å²) in [7, 11) is 0. The molecule has 0 aliphatic heterocycles. The van der Waals surface area contributed by atoms with Gasteiger partial charge in [0, 0.05) is 11.5 Å². The molecule has 94 valence electrons. The molecule has 0 amide bonds. The quantitative estimate of drug-likeness (QED) is 0.851. The van der Waals surface area contributed by atoms with E-state index in [2.05, 4.69) is 15.2 Å². The minimum atomic E-state index is 0.247. The van der Waals surface area contributed by atoms with E-state index in [1.807, 2.05) is 6.07 Å². The third-order valence-corrected chi connectivity index (χ3v) is 3.60. The van der Waals surface area contributed by atoms with Crippen LogP contribution in [0.15, 0.2) is 24.3 Å². The first-order valence-electron chi connectivity index (χ1n) is 6.54. The maximum absolute atomic E-state index is 9.46. The highest BCUT2D eigenvalue weighted by Crippen LogP contribution is 2.31. The largest absolute Gasteiger partial charge is 0.508 e. The van der Waals surface area contributed by atoms with Crippen LogP contribution in [0, 0.1) is 0 Å². The molecule has 1 aliphatic rings. The fourth-order valence-electron chi connectivity index (χ4n) is 2.61. The van der Waals surface area contributed by atoms with E-state index in [1.165, 1.54) is 32.1 Å². The average Bonchev–Trinajstić information content (AvgIpc) is 2.89. The standard InChI is InChI=1S/C14H17N3O/c18-12-8-4-7-11(9-12)14-15-13(16-17-14)10-5-2-1-3-6-10/h4,7-10,18H,1-3,5-6H2,(H,15,16,17). The monoisotopic (exact) mass is 243 g/mol. The van der Waals surface area contributed by atoms with Crippen LogP contribution < -0.4 is 0 Å². The van der Waals surface area contributed by atoms with Crippen LogP contribution in [0.4, 0.5) is 0 Å². The van der Waals surface area contributed by atoms with Gasteiger partial charge >= 0.3 is 0 Å². The molecule has 0 saturated heterocycles. The zero-order valence-electron chi connectivity index (χ0n) is 10.3. The summed E-state index contributed by atoms with van der Waals surface area (Å²) in [6, 6.07) is 7.06. The smallest absolute Gasteiger partial charge is 0.181 e. The lowest BCUT2D eigenvalue weighted by molar-refractivity contribution is 0.429. The Kier molecular flexibility index (Phi) is 3.00. The number of aromatic nitrogens is 3. The number of aromatic amines is 1. The molecule has 1 fully saturated rings. The molecule has 0 spiro atoms. The van der Waals surface area contributed by atoms with Crippen molar-refractivity contribution in [3.8, 4) is 17.1 Å². The lowest BCUT2D eigenvalue weighted by atomic mass is 9.89. The Morgan fingerprint density at radius 3 is 2.78 bits per heavy atom. The van der Waals surface area contributed by atoms with Crippen molar-refractivity contribution in [2.75, 3.05) is 0 Å². The Balaban J connectivity index is 1.84. The zero-order valence-corrected chi connectivity index (χ0v) is 10.3. The van der Waals surface area contributed by atoms with Crippen LogP contribution in [0.25, 0.3) is 11.4 Å². The van der Waals surface area contributed by atoms with E-state index in [-0.39, 0.29) is 5.75 Å². The summed E-state index contributed by atoms with van der Waals surface area (Å²) in [5, 5.41) is 16.8. The van der Waals surface area contributed by atoms with Gasteiger partial charge in [0.05, 0.1) is 0 Å². The maximum atomic E-state index is 9.46. The van der Waals surface area contributed by atoms with Crippen LogP contribution in [0.2, 0.25) is 0 Å². The summed E-state index contributed by atoms with van der Waals surface area (Å²) < 4.78 is 0. The number of H-pyrrole nitrogens is 1. The molecule has 0 radical (unpaired) electrons. The van der Waals surface area contributed by atoms with Crippen molar-refractivity contribution in [3.63, 3.8) is 0 Å². The van der Waals surface area contributed by atoms with Gasteiger partial charge in [0.2, 0.25) is 0 Å². The van der Waals surface area contributed by atoms with Gasteiger partial charge in [-0.25, -0.2) is 4.98 Å². The van der Waals surface area contributed by atoms with Crippen molar-refractivity contribution in [2.45, 2.75) is 38.0 Å². The predicted octanol–water partition coefficient (Wildman–Crippen LogP) is 3.23. The lowest BCUT2D eigenvalue weighted by Crippen LogP contribution is -2.06. The Morgan fingerprint density at radius 1 is 1.17 bits per heavy atom. The van der Waals surface area contributed by atoms with E-state index in [4.69, 9.17) is 0 Å². The summed E-state index contributed by atoms with van der Waals surface area (Å²) in [6.07, 6.45) is 6.31. The van der Waals surface area contributed by atoms with Gasteiger partial charge in [0.25, 0.3) is 0 Å². The van der Waals surface area contributed by atoms with Gasteiger partial charge < -0.3 is 5.11 Å². The minimum absolute atomic E-state index is 0.247. The number of phenolic OH excluding ortho intramolecular Hbond substituents is 1. The van der Waals surface area contributed by atoms with Crippen molar-refractivity contribution >= 4 is 0 Å². The van der Waals surface area contributed by atoms with Crippen molar-refractivity contribution in [1.29, 1.82) is 0 Å². The molecule has 0 atom stereocenters. The number of hydrogen-bond donors (Lipinski definition) is 2. The molecule has 2 aromatic rings. The number of nitrogens with one attached hydrogen (secondary N) is 1. The fourth-order valence-corrected chi connectivity index (χ4v) is 2.61. The number of nitrogens with zero attached hydrogens (tertiary/aromatic N) is 2. The molecule has 0 bridgehead atoms. The number of phenols is 1. The first-order valence-corrected chi connectivity index (χ1v) is 6.54. The molecule has 18 heavy (non-hydrogen) atoms. The van der Waals surface area contributed by atoms with Crippen molar-refractivity contribution in [3.05, 3.63) is 30.1 Å². The molecule has 4 nitrogen and oxygen atoms in total. The van der Waals surface area contributed by atoms with Crippen LogP contribution in [-0.2, 0) is 0 Å². The molecular formula is C14H17N3O. The van der Waals surface area contributed by atoms with Gasteiger partial charge in [-0.3, -0.25) is 5.10 Å². The fraction of sp³-hybridized carbons (Fsp3) is 0.429. The Bertz CT molecular complexity index is 529. The molecule has 3 rings (SSSR count). The van der Waals surface area contributed by atoms with Gasteiger partial charge in [-0.15, -0.1) is 0 Å². The van der Waals surface area contributed by atoms with Gasteiger partial charge in [-0.05, 0) is 25.0 Å². The minimum Gasteiger partial charge on any atom is -0.508 e. The molecule has 4 heteroatoms. The maximum Gasteiger partial charge on any atom is 0.181 e. The van der Waals surface area contributed by atoms with E-state index in [0.717, 1.165) is 11.4 Å². The Hall–Kier alpha value is -1.84. The first-order chi connectivity index (χ1) is 8.83. The molecule has 1 aromatic heterocycles. The summed E-state index contributed by atoms with van der Waals surface area (Å²) in [5.74, 6) is 2.44.